The Kier molecular flexibility index (Phi) is 3.69. The van der Waals surface area contributed by atoms with Crippen LogP contribution in [-0.4, -0.2) is 29.1 Å². The first-order valence-electron chi connectivity index (χ1n) is 6.29. The number of carboxylic acid groups (broad SMARTS) is 1. The topological polar surface area (TPSA) is 83.7 Å². The second-order valence-electron chi connectivity index (χ2n) is 4.75. The summed E-state index contributed by atoms with van der Waals surface area (Å²) in [4.78, 5) is 23.3. The summed E-state index contributed by atoms with van der Waals surface area (Å²) in [5, 5.41) is 19.9. The van der Waals surface area contributed by atoms with E-state index < -0.39 is 10.9 Å². The van der Waals surface area contributed by atoms with Crippen LogP contribution in [-0.2, 0) is 0 Å². The Morgan fingerprint density at radius 3 is 2.68 bits per heavy atom. The van der Waals surface area contributed by atoms with E-state index in [0.29, 0.717) is 5.92 Å². The van der Waals surface area contributed by atoms with Crippen molar-refractivity contribution in [2.24, 2.45) is 5.92 Å². The van der Waals surface area contributed by atoms with Gasteiger partial charge in [-0.15, -0.1) is 0 Å². The summed E-state index contributed by atoms with van der Waals surface area (Å²) < 4.78 is 0. The lowest BCUT2D eigenvalue weighted by Crippen LogP contribution is -2.25. The van der Waals surface area contributed by atoms with E-state index in [1.807, 2.05) is 6.92 Å². The number of benzene rings is 1. The number of carboxylic acids is 1. The molecule has 1 N–H and O–H groups in total. The van der Waals surface area contributed by atoms with E-state index in [-0.39, 0.29) is 11.3 Å². The zero-order valence-corrected chi connectivity index (χ0v) is 10.7. The molecule has 0 amide bonds. The number of nitro benzene ring substituents is 1. The van der Waals surface area contributed by atoms with E-state index in [1.165, 1.54) is 25.0 Å². The van der Waals surface area contributed by atoms with Crippen LogP contribution < -0.4 is 4.90 Å². The van der Waals surface area contributed by atoms with Gasteiger partial charge in [0.05, 0.1) is 4.92 Å². The Morgan fingerprint density at radius 1 is 1.53 bits per heavy atom. The third-order valence-corrected chi connectivity index (χ3v) is 3.33. The lowest BCUT2D eigenvalue weighted by molar-refractivity contribution is -0.385. The highest BCUT2D eigenvalue weighted by atomic mass is 16.6. The van der Waals surface area contributed by atoms with Crippen LogP contribution in [0.25, 0.3) is 0 Å². The molecule has 1 aromatic rings. The van der Waals surface area contributed by atoms with Crippen LogP contribution in [0, 0.1) is 16.0 Å². The van der Waals surface area contributed by atoms with Gasteiger partial charge in [0, 0.05) is 24.8 Å². The van der Waals surface area contributed by atoms with Gasteiger partial charge in [-0.2, -0.15) is 0 Å². The van der Waals surface area contributed by atoms with Crippen LogP contribution in [0.15, 0.2) is 18.2 Å². The number of hydrogen-bond acceptors (Lipinski definition) is 4. The van der Waals surface area contributed by atoms with Gasteiger partial charge in [0.1, 0.15) is 5.56 Å². The second-order valence-corrected chi connectivity index (χ2v) is 4.75. The number of rotatable bonds is 6. The predicted molar refractivity (Wildman–Crippen MR) is 70.7 cm³/mol. The Labute approximate surface area is 110 Å². The number of hydrogen-bond donors (Lipinski definition) is 1. The van der Waals surface area contributed by atoms with Gasteiger partial charge >= 0.3 is 5.97 Å². The summed E-state index contributed by atoms with van der Waals surface area (Å²) in [6.07, 6.45) is 2.41. The molecule has 1 aliphatic rings. The molecule has 1 saturated carbocycles. The molecule has 1 fully saturated rings. The summed E-state index contributed by atoms with van der Waals surface area (Å²) in [6, 6.07) is 4.29. The van der Waals surface area contributed by atoms with Gasteiger partial charge in [0.15, 0.2) is 0 Å². The van der Waals surface area contributed by atoms with Crippen LogP contribution in [0.4, 0.5) is 11.4 Å². The molecule has 6 nitrogen and oxygen atoms in total. The summed E-state index contributed by atoms with van der Waals surface area (Å²) in [7, 11) is 0. The quantitative estimate of drug-likeness (QED) is 0.630. The molecule has 0 aromatic heterocycles. The molecule has 2 rings (SSSR count). The molecule has 0 aliphatic heterocycles. The van der Waals surface area contributed by atoms with E-state index in [0.717, 1.165) is 18.8 Å². The molecule has 0 saturated heterocycles. The number of nitrogens with zero attached hydrogens (tertiary/aromatic N) is 2. The lowest BCUT2D eigenvalue weighted by Gasteiger charge is -2.23. The van der Waals surface area contributed by atoms with Gasteiger partial charge in [0.2, 0.25) is 0 Å². The standard InChI is InChI=1S/C13H16N2O4/c1-2-14(8-9-3-4-9)10-5-6-12(15(18)19)11(7-10)13(16)17/h5-7,9H,2-4,8H2,1H3,(H,16,17). The van der Waals surface area contributed by atoms with Gasteiger partial charge in [-0.3, -0.25) is 10.1 Å². The van der Waals surface area contributed by atoms with Gasteiger partial charge < -0.3 is 10.0 Å². The molecule has 0 unspecified atom stereocenters. The van der Waals surface area contributed by atoms with Crippen LogP contribution in [0.2, 0.25) is 0 Å². The summed E-state index contributed by atoms with van der Waals surface area (Å²) in [5.74, 6) is -0.598. The maximum Gasteiger partial charge on any atom is 0.342 e. The monoisotopic (exact) mass is 264 g/mol. The Balaban J connectivity index is 2.32. The first-order chi connectivity index (χ1) is 9.02. The summed E-state index contributed by atoms with van der Waals surface area (Å²) in [6.45, 7) is 3.63. The number of carbonyl (C=O) groups is 1. The van der Waals surface area contributed by atoms with Crippen LogP contribution in [0.1, 0.15) is 30.1 Å². The molecule has 0 radical (unpaired) electrons. The minimum atomic E-state index is -1.27. The van der Waals surface area contributed by atoms with Crippen LogP contribution in [0.5, 0.6) is 0 Å². The van der Waals surface area contributed by atoms with E-state index in [9.17, 15) is 14.9 Å². The smallest absolute Gasteiger partial charge is 0.342 e. The van der Waals surface area contributed by atoms with Crippen molar-refractivity contribution in [1.29, 1.82) is 0 Å². The van der Waals surface area contributed by atoms with E-state index in [4.69, 9.17) is 5.11 Å². The van der Waals surface area contributed by atoms with Crippen LogP contribution >= 0.6 is 0 Å². The zero-order valence-electron chi connectivity index (χ0n) is 10.7. The van der Waals surface area contributed by atoms with E-state index in [1.54, 1.807) is 6.07 Å². The summed E-state index contributed by atoms with van der Waals surface area (Å²) in [5.41, 5.74) is 0.118. The number of nitro groups is 1. The van der Waals surface area contributed by atoms with Crippen molar-refractivity contribution in [3.05, 3.63) is 33.9 Å². The van der Waals surface area contributed by atoms with Crippen molar-refractivity contribution in [2.45, 2.75) is 19.8 Å². The van der Waals surface area contributed by atoms with Crippen molar-refractivity contribution < 1.29 is 14.8 Å². The number of anilines is 1. The molecule has 102 valence electrons. The fourth-order valence-corrected chi connectivity index (χ4v) is 2.08. The van der Waals surface area contributed by atoms with Crippen molar-refractivity contribution >= 4 is 17.3 Å². The Hall–Kier alpha value is -2.11. The number of aromatic carboxylic acids is 1. The molecule has 0 atom stereocenters. The van der Waals surface area contributed by atoms with Gasteiger partial charge in [0.25, 0.3) is 5.69 Å². The molecule has 1 aromatic carbocycles. The highest BCUT2D eigenvalue weighted by molar-refractivity contribution is 5.93. The SMILES string of the molecule is CCN(CC1CC1)c1ccc([N+](=O)[O-])c(C(=O)O)c1. The Bertz CT molecular complexity index is 511. The minimum absolute atomic E-state index is 0.253. The van der Waals surface area contributed by atoms with E-state index in [2.05, 4.69) is 4.90 Å². The van der Waals surface area contributed by atoms with Crippen molar-refractivity contribution in [2.75, 3.05) is 18.0 Å². The molecule has 19 heavy (non-hydrogen) atoms. The predicted octanol–water partition coefficient (Wildman–Crippen LogP) is 2.53. The zero-order chi connectivity index (χ0) is 14.0. The Morgan fingerprint density at radius 2 is 2.21 bits per heavy atom. The molecular formula is C13H16N2O4. The third kappa shape index (κ3) is 3.01. The van der Waals surface area contributed by atoms with Crippen LogP contribution in [0.3, 0.4) is 0 Å². The maximum atomic E-state index is 11.1. The molecule has 6 heteroatoms. The maximum absolute atomic E-state index is 11.1. The molecular weight excluding hydrogens is 248 g/mol. The van der Waals surface area contributed by atoms with Gasteiger partial charge in [-0.25, -0.2) is 4.79 Å². The highest BCUT2D eigenvalue weighted by Crippen LogP contribution is 2.32. The van der Waals surface area contributed by atoms with Crippen molar-refractivity contribution in [3.63, 3.8) is 0 Å². The molecule has 0 heterocycles. The summed E-state index contributed by atoms with van der Waals surface area (Å²) >= 11 is 0. The van der Waals surface area contributed by atoms with E-state index >= 15 is 0 Å². The van der Waals surface area contributed by atoms with Gasteiger partial charge in [-0.1, -0.05) is 0 Å². The van der Waals surface area contributed by atoms with Crippen molar-refractivity contribution in [3.8, 4) is 0 Å². The molecule has 1 aliphatic carbocycles. The second kappa shape index (κ2) is 5.26. The van der Waals surface area contributed by atoms with Crippen molar-refractivity contribution in [1.82, 2.24) is 0 Å². The average molecular weight is 264 g/mol. The third-order valence-electron chi connectivity index (χ3n) is 3.33. The lowest BCUT2D eigenvalue weighted by atomic mass is 10.1. The highest BCUT2D eigenvalue weighted by Gasteiger charge is 2.26. The molecule has 0 bridgehead atoms. The molecule has 0 spiro atoms. The fourth-order valence-electron chi connectivity index (χ4n) is 2.08. The first-order valence-corrected chi connectivity index (χ1v) is 6.29. The normalized spacial score (nSPS) is 14.2. The largest absolute Gasteiger partial charge is 0.477 e. The fraction of sp³-hybridized carbons (Fsp3) is 0.462. The first kappa shape index (κ1) is 13.3. The van der Waals surface area contributed by atoms with Gasteiger partial charge in [-0.05, 0) is 37.8 Å². The average Bonchev–Trinajstić information content (AvgIpc) is 3.19. The minimum Gasteiger partial charge on any atom is -0.477 e.